The minimum atomic E-state index is -1.22. The summed E-state index contributed by atoms with van der Waals surface area (Å²) in [4.78, 5) is 11.5. The number of benzene rings is 2. The maximum Gasteiger partial charge on any atom is 0.244 e. The van der Waals surface area contributed by atoms with Gasteiger partial charge in [-0.2, -0.15) is 0 Å². The first-order chi connectivity index (χ1) is 9.50. The molecule has 2 aromatic rings. The van der Waals surface area contributed by atoms with Gasteiger partial charge in [0.25, 0.3) is 0 Å². The topological polar surface area (TPSA) is 55.1 Å². The molecule has 0 saturated carbocycles. The number of hydrogen-bond donors (Lipinski definition) is 2. The molecule has 6 heteroatoms. The second-order valence-corrected chi connectivity index (χ2v) is 4.51. The summed E-state index contributed by atoms with van der Waals surface area (Å²) < 4.78 is 27.5. The summed E-state index contributed by atoms with van der Waals surface area (Å²) in [5, 5.41) is 2.45. The van der Waals surface area contributed by atoms with E-state index >= 15 is 0 Å². The summed E-state index contributed by atoms with van der Waals surface area (Å²) in [5.74, 6) is -2.17. The molecule has 3 N–H and O–H groups in total. The molecule has 0 aliphatic heterocycles. The lowest BCUT2D eigenvalue weighted by Crippen LogP contribution is -2.28. The zero-order valence-electron chi connectivity index (χ0n) is 10.2. The van der Waals surface area contributed by atoms with Gasteiger partial charge in [0.1, 0.15) is 17.7 Å². The summed E-state index contributed by atoms with van der Waals surface area (Å²) in [5.41, 5.74) is 5.27. The van der Waals surface area contributed by atoms with Crippen LogP contribution in [0.25, 0.3) is 0 Å². The van der Waals surface area contributed by atoms with Crippen LogP contribution in [-0.2, 0) is 4.79 Å². The second kappa shape index (κ2) is 5.88. The molecule has 0 bridgehead atoms. The van der Waals surface area contributed by atoms with Crippen molar-refractivity contribution in [1.29, 1.82) is 0 Å². The van der Waals surface area contributed by atoms with Gasteiger partial charge in [-0.1, -0.05) is 35.9 Å². The first-order valence-corrected chi connectivity index (χ1v) is 6.13. The molecule has 2 aromatic carbocycles. The zero-order chi connectivity index (χ0) is 14.7. The molecule has 1 amide bonds. The number of amides is 1. The van der Waals surface area contributed by atoms with E-state index in [2.05, 4.69) is 5.32 Å². The quantitative estimate of drug-likeness (QED) is 0.910. The van der Waals surface area contributed by atoms with Crippen LogP contribution in [-0.4, -0.2) is 5.91 Å². The normalized spacial score (nSPS) is 11.9. The van der Waals surface area contributed by atoms with Crippen LogP contribution in [0.4, 0.5) is 14.5 Å². The first kappa shape index (κ1) is 14.3. The molecule has 0 spiro atoms. The number of rotatable bonds is 4. The first-order valence-electron chi connectivity index (χ1n) is 5.75. The van der Waals surface area contributed by atoms with Gasteiger partial charge < -0.3 is 11.1 Å². The van der Waals surface area contributed by atoms with Crippen molar-refractivity contribution in [3.05, 3.63) is 64.7 Å². The van der Waals surface area contributed by atoms with Crippen molar-refractivity contribution >= 4 is 23.2 Å². The second-order valence-electron chi connectivity index (χ2n) is 4.10. The SMILES string of the molecule is NC(=O)C(Nc1ccccc1F)c1cccc(Cl)c1F. The highest BCUT2D eigenvalue weighted by Gasteiger charge is 2.23. The van der Waals surface area contributed by atoms with E-state index in [9.17, 15) is 13.6 Å². The van der Waals surface area contributed by atoms with Gasteiger partial charge in [-0.3, -0.25) is 4.79 Å². The van der Waals surface area contributed by atoms with Gasteiger partial charge >= 0.3 is 0 Å². The highest BCUT2D eigenvalue weighted by molar-refractivity contribution is 6.30. The highest BCUT2D eigenvalue weighted by Crippen LogP contribution is 2.27. The molecular weight excluding hydrogens is 286 g/mol. The number of nitrogens with one attached hydrogen (secondary N) is 1. The molecule has 0 fully saturated rings. The van der Waals surface area contributed by atoms with E-state index in [-0.39, 0.29) is 16.3 Å². The Bertz CT molecular complexity index is 649. The fourth-order valence-corrected chi connectivity index (χ4v) is 1.96. The van der Waals surface area contributed by atoms with Crippen LogP contribution in [0, 0.1) is 11.6 Å². The minimum absolute atomic E-state index is 0.0340. The third-order valence-corrected chi connectivity index (χ3v) is 3.04. The molecule has 3 nitrogen and oxygen atoms in total. The Balaban J connectivity index is 2.40. The Morgan fingerprint density at radius 1 is 1.15 bits per heavy atom. The van der Waals surface area contributed by atoms with Crippen molar-refractivity contribution in [3.63, 3.8) is 0 Å². The Labute approximate surface area is 119 Å². The van der Waals surface area contributed by atoms with Gasteiger partial charge in [0.2, 0.25) is 5.91 Å². The molecule has 1 unspecified atom stereocenters. The van der Waals surface area contributed by atoms with Crippen LogP contribution in [0.2, 0.25) is 5.02 Å². The molecule has 0 radical (unpaired) electrons. The van der Waals surface area contributed by atoms with E-state index in [0.717, 1.165) is 0 Å². The number of hydrogen-bond acceptors (Lipinski definition) is 2. The molecule has 1 atom stereocenters. The number of halogens is 3. The smallest absolute Gasteiger partial charge is 0.244 e. The van der Waals surface area contributed by atoms with Crippen molar-refractivity contribution in [2.24, 2.45) is 5.73 Å². The molecule has 0 aromatic heterocycles. The number of nitrogens with two attached hydrogens (primary N) is 1. The van der Waals surface area contributed by atoms with E-state index in [4.69, 9.17) is 17.3 Å². The van der Waals surface area contributed by atoms with Crippen molar-refractivity contribution in [1.82, 2.24) is 0 Å². The summed E-state index contributed by atoms with van der Waals surface area (Å²) in [6.07, 6.45) is 0. The Morgan fingerprint density at radius 3 is 2.50 bits per heavy atom. The Kier molecular flexibility index (Phi) is 4.20. The van der Waals surface area contributed by atoms with Gasteiger partial charge in [-0.05, 0) is 18.2 Å². The van der Waals surface area contributed by atoms with Gasteiger partial charge in [0, 0.05) is 5.56 Å². The molecule has 0 aliphatic rings. The lowest BCUT2D eigenvalue weighted by atomic mass is 10.1. The summed E-state index contributed by atoms with van der Waals surface area (Å²) in [6, 6.07) is 8.71. The van der Waals surface area contributed by atoms with Crippen molar-refractivity contribution < 1.29 is 13.6 Å². The largest absolute Gasteiger partial charge is 0.368 e. The van der Waals surface area contributed by atoms with Gasteiger partial charge in [-0.25, -0.2) is 8.78 Å². The van der Waals surface area contributed by atoms with Gasteiger partial charge in [0.05, 0.1) is 10.7 Å². The third kappa shape index (κ3) is 2.88. The third-order valence-electron chi connectivity index (χ3n) is 2.75. The monoisotopic (exact) mass is 296 g/mol. The average Bonchev–Trinajstić information content (AvgIpc) is 2.41. The summed E-state index contributed by atoms with van der Waals surface area (Å²) in [6.45, 7) is 0. The fraction of sp³-hybridized carbons (Fsp3) is 0.0714. The molecule has 20 heavy (non-hydrogen) atoms. The minimum Gasteiger partial charge on any atom is -0.368 e. The van der Waals surface area contributed by atoms with Crippen LogP contribution in [0.3, 0.4) is 0 Å². The summed E-state index contributed by atoms with van der Waals surface area (Å²) >= 11 is 5.67. The van der Waals surface area contributed by atoms with Crippen LogP contribution in [0.1, 0.15) is 11.6 Å². The number of carbonyl (C=O) groups is 1. The number of anilines is 1. The van der Waals surface area contributed by atoms with E-state index in [0.29, 0.717) is 0 Å². The zero-order valence-corrected chi connectivity index (χ0v) is 11.0. The van der Waals surface area contributed by atoms with E-state index < -0.39 is 23.6 Å². The molecule has 0 heterocycles. The maximum absolute atomic E-state index is 13.9. The number of para-hydroxylation sites is 1. The fourth-order valence-electron chi connectivity index (χ4n) is 1.78. The predicted molar refractivity (Wildman–Crippen MR) is 73.4 cm³/mol. The van der Waals surface area contributed by atoms with E-state index in [1.165, 1.54) is 36.4 Å². The molecule has 2 rings (SSSR count). The lowest BCUT2D eigenvalue weighted by Gasteiger charge is -2.18. The number of primary amides is 1. The van der Waals surface area contributed by atoms with Crippen LogP contribution >= 0.6 is 11.6 Å². The molecule has 0 saturated heterocycles. The van der Waals surface area contributed by atoms with Gasteiger partial charge in [0.15, 0.2) is 0 Å². The maximum atomic E-state index is 13.9. The van der Waals surface area contributed by atoms with E-state index in [1.54, 1.807) is 6.07 Å². The van der Waals surface area contributed by atoms with Gasteiger partial charge in [-0.15, -0.1) is 0 Å². The predicted octanol–water partition coefficient (Wildman–Crippen LogP) is 3.26. The lowest BCUT2D eigenvalue weighted by molar-refractivity contribution is -0.118. The van der Waals surface area contributed by atoms with Crippen molar-refractivity contribution in [2.75, 3.05) is 5.32 Å². The van der Waals surface area contributed by atoms with Crippen LogP contribution in [0.15, 0.2) is 42.5 Å². The highest BCUT2D eigenvalue weighted by atomic mass is 35.5. The van der Waals surface area contributed by atoms with Crippen molar-refractivity contribution in [3.8, 4) is 0 Å². The molecule has 0 aliphatic carbocycles. The summed E-state index contributed by atoms with van der Waals surface area (Å²) in [7, 11) is 0. The van der Waals surface area contributed by atoms with Crippen LogP contribution in [0.5, 0.6) is 0 Å². The Morgan fingerprint density at radius 2 is 1.85 bits per heavy atom. The van der Waals surface area contributed by atoms with E-state index in [1.807, 2.05) is 0 Å². The van der Waals surface area contributed by atoms with Crippen LogP contribution < -0.4 is 11.1 Å². The number of carbonyl (C=O) groups excluding carboxylic acids is 1. The Hall–Kier alpha value is -2.14. The standard InChI is InChI=1S/C14H11ClF2N2O/c15-9-5-3-4-8(12(9)17)13(14(18)20)19-11-7-2-1-6-10(11)16/h1-7,13,19H,(H2,18,20). The molecular formula is C14H11ClF2N2O. The molecule has 104 valence electrons. The van der Waals surface area contributed by atoms with Crippen molar-refractivity contribution in [2.45, 2.75) is 6.04 Å². The average molecular weight is 297 g/mol.